The summed E-state index contributed by atoms with van der Waals surface area (Å²) in [6, 6.07) is 64.0. The monoisotopic (exact) mass is 635 g/mol. The Morgan fingerprint density at radius 3 is 1.54 bits per heavy atom. The van der Waals surface area contributed by atoms with Crippen LogP contribution in [0.2, 0.25) is 0 Å². The van der Waals surface area contributed by atoms with Crippen molar-refractivity contribution in [3.63, 3.8) is 0 Å². The maximum Gasteiger partial charge on any atom is 0.135 e. The van der Waals surface area contributed by atoms with E-state index in [0.29, 0.717) is 0 Å². The van der Waals surface area contributed by atoms with E-state index in [4.69, 9.17) is 4.42 Å². The number of fused-ring (bicyclic) bond motifs is 12. The predicted octanol–water partition coefficient (Wildman–Crippen LogP) is 13.5. The van der Waals surface area contributed by atoms with Crippen molar-refractivity contribution in [3.8, 4) is 27.9 Å². The van der Waals surface area contributed by atoms with Crippen LogP contribution >= 0.6 is 0 Å². The van der Waals surface area contributed by atoms with Crippen molar-refractivity contribution in [2.24, 2.45) is 0 Å². The van der Waals surface area contributed by atoms with Crippen molar-refractivity contribution in [2.45, 2.75) is 0 Å². The summed E-state index contributed by atoms with van der Waals surface area (Å²) in [6.45, 7) is 0. The van der Waals surface area contributed by atoms with Crippen LogP contribution in [0, 0.1) is 0 Å². The largest absolute Gasteiger partial charge is 0.456 e. The number of aromatic nitrogens is 1. The molecule has 2 heterocycles. The van der Waals surface area contributed by atoms with Crippen LogP contribution in [0.3, 0.4) is 0 Å². The standard InChI is InChI=1S/C48H29NO/c1-2-14-37-35(12-1)36-13-3-4-15-38(36)43-27-31(20-23-39(37)43)33-21-24-41-40-16-5-7-18-45(40)49(46(41)29-33)34-11-9-10-30(26-34)32-22-25-48-44(28-32)42-17-6-8-19-47(42)50-48/h1-29H. The summed E-state index contributed by atoms with van der Waals surface area (Å²) >= 11 is 0. The Hall–Kier alpha value is -6.64. The van der Waals surface area contributed by atoms with Crippen LogP contribution in [-0.2, 0) is 0 Å². The minimum absolute atomic E-state index is 0.913. The number of hydrogen-bond acceptors (Lipinski definition) is 1. The van der Waals surface area contributed by atoms with Gasteiger partial charge in [-0.25, -0.2) is 0 Å². The lowest BCUT2D eigenvalue weighted by Gasteiger charge is -2.13. The highest BCUT2D eigenvalue weighted by Crippen LogP contribution is 2.40. The fourth-order valence-electron chi connectivity index (χ4n) is 8.25. The van der Waals surface area contributed by atoms with E-state index in [1.54, 1.807) is 0 Å². The van der Waals surface area contributed by atoms with E-state index in [1.807, 2.05) is 12.1 Å². The van der Waals surface area contributed by atoms with Gasteiger partial charge in [0.15, 0.2) is 0 Å². The number of rotatable bonds is 3. The second-order valence-electron chi connectivity index (χ2n) is 13.3. The average molecular weight is 636 g/mol. The molecule has 0 aliphatic rings. The molecule has 11 rings (SSSR count). The first-order chi connectivity index (χ1) is 24.8. The van der Waals surface area contributed by atoms with Gasteiger partial charge in [0.05, 0.1) is 11.0 Å². The van der Waals surface area contributed by atoms with Crippen LogP contribution in [0.15, 0.2) is 180 Å². The molecule has 9 aromatic carbocycles. The molecular weight excluding hydrogens is 607 g/mol. The zero-order valence-electron chi connectivity index (χ0n) is 27.1. The molecule has 2 nitrogen and oxygen atoms in total. The molecule has 0 radical (unpaired) electrons. The lowest BCUT2D eigenvalue weighted by Crippen LogP contribution is -1.94. The van der Waals surface area contributed by atoms with Crippen molar-refractivity contribution in [3.05, 3.63) is 176 Å². The van der Waals surface area contributed by atoms with Crippen molar-refractivity contribution >= 4 is 76.1 Å². The smallest absolute Gasteiger partial charge is 0.135 e. The van der Waals surface area contributed by atoms with Crippen LogP contribution in [0.25, 0.3) is 104 Å². The molecule has 0 aliphatic carbocycles. The Kier molecular flexibility index (Phi) is 5.70. The molecule has 0 saturated heterocycles. The Labute approximate surface area is 288 Å². The molecule has 0 N–H and O–H groups in total. The summed E-state index contributed by atoms with van der Waals surface area (Å²) < 4.78 is 8.55. The van der Waals surface area contributed by atoms with Gasteiger partial charge in [-0.1, -0.05) is 127 Å². The molecule has 232 valence electrons. The molecule has 2 heteroatoms. The highest BCUT2D eigenvalue weighted by Gasteiger charge is 2.16. The third kappa shape index (κ3) is 3.96. The molecule has 0 atom stereocenters. The normalized spacial score (nSPS) is 12.0. The molecule has 0 spiro atoms. The maximum atomic E-state index is 6.13. The van der Waals surface area contributed by atoms with Gasteiger partial charge >= 0.3 is 0 Å². The molecule has 2 aromatic heterocycles. The molecule has 0 saturated carbocycles. The number of benzene rings is 9. The van der Waals surface area contributed by atoms with Crippen LogP contribution in [0.5, 0.6) is 0 Å². The average Bonchev–Trinajstić information content (AvgIpc) is 3.73. The minimum atomic E-state index is 0.913. The lowest BCUT2D eigenvalue weighted by molar-refractivity contribution is 0.669. The van der Waals surface area contributed by atoms with Crippen LogP contribution in [-0.4, -0.2) is 4.57 Å². The molecule has 11 aromatic rings. The first kappa shape index (κ1) is 27.3. The van der Waals surface area contributed by atoms with Gasteiger partial charge in [0.1, 0.15) is 11.2 Å². The SMILES string of the molecule is c1cc(-c2ccc3oc4ccccc4c3c2)cc(-n2c3ccccc3c3ccc(-c4ccc5c6ccccc6c6ccccc6c5c4)cc32)c1. The van der Waals surface area contributed by atoms with Gasteiger partial charge in [-0.15, -0.1) is 0 Å². The Bertz CT molecular complexity index is 3120. The highest BCUT2D eigenvalue weighted by molar-refractivity contribution is 6.25. The van der Waals surface area contributed by atoms with Gasteiger partial charge in [-0.05, 0) is 103 Å². The summed E-state index contributed by atoms with van der Waals surface area (Å²) in [5.41, 5.74) is 10.1. The molecule has 0 amide bonds. The zero-order valence-corrected chi connectivity index (χ0v) is 27.1. The van der Waals surface area contributed by atoms with E-state index in [-0.39, 0.29) is 0 Å². The molecule has 0 fully saturated rings. The van der Waals surface area contributed by atoms with E-state index in [1.165, 1.54) is 76.4 Å². The number of furan rings is 1. The summed E-state index contributed by atoms with van der Waals surface area (Å²) in [7, 11) is 0. The first-order valence-corrected chi connectivity index (χ1v) is 17.2. The van der Waals surface area contributed by atoms with Crippen molar-refractivity contribution in [2.75, 3.05) is 0 Å². The van der Waals surface area contributed by atoms with Gasteiger partial charge in [-0.3, -0.25) is 0 Å². The van der Waals surface area contributed by atoms with E-state index >= 15 is 0 Å². The quantitative estimate of drug-likeness (QED) is 0.177. The van der Waals surface area contributed by atoms with Gasteiger partial charge < -0.3 is 8.98 Å². The van der Waals surface area contributed by atoms with E-state index in [0.717, 1.165) is 27.6 Å². The molecular formula is C48H29NO. The summed E-state index contributed by atoms with van der Waals surface area (Å²) in [5, 5.41) is 12.5. The maximum absolute atomic E-state index is 6.13. The third-order valence-corrected chi connectivity index (χ3v) is 10.6. The topological polar surface area (TPSA) is 18.1 Å². The van der Waals surface area contributed by atoms with Gasteiger partial charge in [0, 0.05) is 27.2 Å². The van der Waals surface area contributed by atoms with Gasteiger partial charge in [-0.2, -0.15) is 0 Å². The fraction of sp³-hybridized carbons (Fsp3) is 0. The Balaban J connectivity index is 1.10. The zero-order chi connectivity index (χ0) is 32.8. The van der Waals surface area contributed by atoms with E-state index in [9.17, 15) is 0 Å². The van der Waals surface area contributed by atoms with E-state index in [2.05, 4.69) is 168 Å². The number of nitrogens with zero attached hydrogens (tertiary/aromatic N) is 1. The van der Waals surface area contributed by atoms with Crippen molar-refractivity contribution in [1.82, 2.24) is 4.57 Å². The fourth-order valence-corrected chi connectivity index (χ4v) is 8.25. The van der Waals surface area contributed by atoms with Crippen LogP contribution < -0.4 is 0 Å². The second-order valence-corrected chi connectivity index (χ2v) is 13.3. The molecule has 0 bridgehead atoms. The highest BCUT2D eigenvalue weighted by atomic mass is 16.3. The van der Waals surface area contributed by atoms with E-state index < -0.39 is 0 Å². The number of hydrogen-bond donors (Lipinski definition) is 0. The lowest BCUT2D eigenvalue weighted by atomic mass is 9.92. The Morgan fingerprint density at radius 2 is 0.780 bits per heavy atom. The summed E-state index contributed by atoms with van der Waals surface area (Å²) in [4.78, 5) is 0. The summed E-state index contributed by atoms with van der Waals surface area (Å²) in [6.07, 6.45) is 0. The van der Waals surface area contributed by atoms with Crippen LogP contribution in [0.1, 0.15) is 0 Å². The Morgan fingerprint density at radius 1 is 0.280 bits per heavy atom. The predicted molar refractivity (Wildman–Crippen MR) is 211 cm³/mol. The molecule has 50 heavy (non-hydrogen) atoms. The summed E-state index contributed by atoms with van der Waals surface area (Å²) in [5.74, 6) is 0. The van der Waals surface area contributed by atoms with Crippen LogP contribution in [0.4, 0.5) is 0 Å². The van der Waals surface area contributed by atoms with Gasteiger partial charge in [0.25, 0.3) is 0 Å². The van der Waals surface area contributed by atoms with Crippen molar-refractivity contribution in [1.29, 1.82) is 0 Å². The van der Waals surface area contributed by atoms with Gasteiger partial charge in [0.2, 0.25) is 0 Å². The molecule has 0 unspecified atom stereocenters. The third-order valence-electron chi connectivity index (χ3n) is 10.6. The minimum Gasteiger partial charge on any atom is -0.456 e. The number of para-hydroxylation sites is 2. The first-order valence-electron chi connectivity index (χ1n) is 17.2. The second kappa shape index (κ2) is 10.4. The molecule has 0 aliphatic heterocycles. The van der Waals surface area contributed by atoms with Crippen molar-refractivity contribution < 1.29 is 4.42 Å².